The van der Waals surface area contributed by atoms with Gasteiger partial charge in [0, 0.05) is 5.38 Å². The van der Waals surface area contributed by atoms with Crippen molar-refractivity contribution in [2.45, 2.75) is 0 Å². The van der Waals surface area contributed by atoms with E-state index in [0.717, 1.165) is 5.56 Å². The van der Waals surface area contributed by atoms with E-state index in [9.17, 15) is 0 Å². The minimum atomic E-state index is 0.470. The molecule has 19 heavy (non-hydrogen) atoms. The van der Waals surface area contributed by atoms with E-state index in [1.54, 1.807) is 25.8 Å². The van der Waals surface area contributed by atoms with Crippen molar-refractivity contribution in [2.24, 2.45) is 5.10 Å². The number of hydrazone groups is 1. The maximum absolute atomic E-state index is 5.52. The highest BCUT2D eigenvalue weighted by atomic mass is 32.1. The summed E-state index contributed by atoms with van der Waals surface area (Å²) < 4.78 is 10.5. The van der Waals surface area contributed by atoms with Crippen molar-refractivity contribution >= 4 is 28.5 Å². The first-order chi connectivity index (χ1) is 9.24. The van der Waals surface area contributed by atoms with Gasteiger partial charge in [0.05, 0.1) is 26.0 Å². The molecule has 0 spiro atoms. The Morgan fingerprint density at radius 2 is 2.00 bits per heavy atom. The highest BCUT2D eigenvalue weighted by molar-refractivity contribution is 7.14. The van der Waals surface area contributed by atoms with Crippen LogP contribution in [0.25, 0.3) is 0 Å². The van der Waals surface area contributed by atoms with E-state index in [0.29, 0.717) is 22.4 Å². The summed E-state index contributed by atoms with van der Waals surface area (Å²) in [5.74, 6) is 1.84. The van der Waals surface area contributed by atoms with Gasteiger partial charge >= 0.3 is 0 Å². The molecule has 0 aliphatic heterocycles. The van der Waals surface area contributed by atoms with Crippen LogP contribution in [0.2, 0.25) is 0 Å². The van der Waals surface area contributed by atoms with E-state index in [2.05, 4.69) is 15.5 Å². The number of anilines is 2. The number of nitrogens with two attached hydrogens (primary N) is 1. The Bertz CT molecular complexity index is 561. The zero-order valence-corrected chi connectivity index (χ0v) is 11.4. The third-order valence-corrected chi connectivity index (χ3v) is 3.11. The van der Waals surface area contributed by atoms with Crippen LogP contribution in [0.15, 0.2) is 28.7 Å². The van der Waals surface area contributed by atoms with Crippen LogP contribution in [-0.4, -0.2) is 25.4 Å². The summed E-state index contributed by atoms with van der Waals surface area (Å²) in [5.41, 5.74) is 9.08. The molecule has 0 radical (unpaired) electrons. The highest BCUT2D eigenvalue weighted by Gasteiger charge is 2.07. The molecule has 0 amide bonds. The van der Waals surface area contributed by atoms with Crippen LogP contribution in [0.4, 0.5) is 10.9 Å². The van der Waals surface area contributed by atoms with Crippen molar-refractivity contribution in [1.82, 2.24) is 4.98 Å². The standard InChI is InChI=1S/C12H14N4O2S/c1-17-9-4-3-5-10(18-2)8(9)6-14-16-12-15-11(13)7-19-12/h3-7H,13H2,1-2H3,(H,15,16). The van der Waals surface area contributed by atoms with E-state index >= 15 is 0 Å². The van der Waals surface area contributed by atoms with Crippen LogP contribution < -0.4 is 20.6 Å². The van der Waals surface area contributed by atoms with Crippen LogP contribution in [0.5, 0.6) is 11.5 Å². The Morgan fingerprint density at radius 1 is 1.32 bits per heavy atom. The van der Waals surface area contributed by atoms with Crippen LogP contribution >= 0.6 is 11.3 Å². The predicted molar refractivity (Wildman–Crippen MR) is 77.3 cm³/mol. The van der Waals surface area contributed by atoms with Gasteiger partial charge in [0.2, 0.25) is 5.13 Å². The topological polar surface area (TPSA) is 81.8 Å². The van der Waals surface area contributed by atoms with Gasteiger partial charge in [0.15, 0.2) is 0 Å². The number of thiazole rings is 1. The van der Waals surface area contributed by atoms with Gasteiger partial charge in [-0.15, -0.1) is 11.3 Å². The highest BCUT2D eigenvalue weighted by Crippen LogP contribution is 2.26. The summed E-state index contributed by atoms with van der Waals surface area (Å²) in [4.78, 5) is 4.04. The van der Waals surface area contributed by atoms with Gasteiger partial charge in [0.1, 0.15) is 17.3 Å². The summed E-state index contributed by atoms with van der Waals surface area (Å²) in [5, 5.41) is 6.46. The molecule has 1 aromatic carbocycles. The number of methoxy groups -OCH3 is 2. The van der Waals surface area contributed by atoms with Crippen LogP contribution in [0.1, 0.15) is 5.56 Å². The third kappa shape index (κ3) is 3.14. The average Bonchev–Trinajstić information content (AvgIpc) is 2.84. The molecule has 7 heteroatoms. The normalized spacial score (nSPS) is 10.6. The van der Waals surface area contributed by atoms with E-state index in [1.165, 1.54) is 11.3 Å². The maximum atomic E-state index is 5.52. The van der Waals surface area contributed by atoms with Crippen LogP contribution in [0.3, 0.4) is 0 Å². The minimum Gasteiger partial charge on any atom is -0.496 e. The summed E-state index contributed by atoms with van der Waals surface area (Å²) in [7, 11) is 3.20. The molecule has 0 fully saturated rings. The first-order valence-corrected chi connectivity index (χ1v) is 6.33. The number of ether oxygens (including phenoxy) is 2. The Balaban J connectivity index is 2.17. The number of nitrogen functional groups attached to an aromatic ring is 1. The first kappa shape index (κ1) is 13.2. The fourth-order valence-electron chi connectivity index (χ4n) is 1.50. The van der Waals surface area contributed by atoms with Gasteiger partial charge < -0.3 is 15.2 Å². The molecule has 0 saturated heterocycles. The second-order valence-electron chi connectivity index (χ2n) is 3.52. The van der Waals surface area contributed by atoms with E-state index < -0.39 is 0 Å². The Kier molecular flexibility index (Phi) is 4.19. The van der Waals surface area contributed by atoms with Crippen LogP contribution in [-0.2, 0) is 0 Å². The smallest absolute Gasteiger partial charge is 0.205 e. The van der Waals surface area contributed by atoms with Gasteiger partial charge in [0.25, 0.3) is 0 Å². The molecular formula is C12H14N4O2S. The molecule has 2 rings (SSSR count). The fraction of sp³-hybridized carbons (Fsp3) is 0.167. The second kappa shape index (κ2) is 6.05. The molecule has 0 bridgehead atoms. The fourth-order valence-corrected chi connectivity index (χ4v) is 2.05. The molecule has 100 valence electrons. The van der Waals surface area contributed by atoms with E-state index in [-0.39, 0.29) is 0 Å². The minimum absolute atomic E-state index is 0.470. The van der Waals surface area contributed by atoms with Crippen molar-refractivity contribution < 1.29 is 9.47 Å². The van der Waals surface area contributed by atoms with Crippen molar-refractivity contribution in [2.75, 3.05) is 25.4 Å². The largest absolute Gasteiger partial charge is 0.496 e. The Morgan fingerprint density at radius 3 is 2.53 bits per heavy atom. The molecule has 0 saturated carbocycles. The summed E-state index contributed by atoms with van der Waals surface area (Å²) in [6, 6.07) is 5.53. The Hall–Kier alpha value is -2.28. The molecule has 1 heterocycles. The van der Waals surface area contributed by atoms with Gasteiger partial charge in [-0.2, -0.15) is 5.10 Å². The number of rotatable bonds is 5. The molecule has 0 unspecified atom stereocenters. The van der Waals surface area contributed by atoms with Gasteiger partial charge in [-0.3, -0.25) is 5.43 Å². The molecule has 0 aliphatic rings. The van der Waals surface area contributed by atoms with E-state index in [1.807, 2.05) is 18.2 Å². The lowest BCUT2D eigenvalue weighted by Crippen LogP contribution is -1.97. The monoisotopic (exact) mass is 278 g/mol. The SMILES string of the molecule is COc1cccc(OC)c1C=NNc1nc(N)cs1. The first-order valence-electron chi connectivity index (χ1n) is 5.45. The molecule has 0 atom stereocenters. The van der Waals surface area contributed by atoms with Crippen molar-refractivity contribution in [1.29, 1.82) is 0 Å². The molecule has 1 aromatic heterocycles. The zero-order chi connectivity index (χ0) is 13.7. The van der Waals surface area contributed by atoms with Crippen molar-refractivity contribution in [3.05, 3.63) is 29.1 Å². The summed E-state index contributed by atoms with van der Waals surface area (Å²) >= 11 is 1.38. The van der Waals surface area contributed by atoms with Crippen molar-refractivity contribution in [3.8, 4) is 11.5 Å². The van der Waals surface area contributed by atoms with E-state index in [4.69, 9.17) is 15.2 Å². The lowest BCUT2D eigenvalue weighted by atomic mass is 10.2. The molecule has 2 aromatic rings. The molecule has 0 aliphatic carbocycles. The number of aromatic nitrogens is 1. The number of nitrogens with one attached hydrogen (secondary N) is 1. The lowest BCUT2D eigenvalue weighted by Gasteiger charge is -2.08. The van der Waals surface area contributed by atoms with Gasteiger partial charge in [-0.25, -0.2) is 4.98 Å². The number of nitrogens with zero attached hydrogens (tertiary/aromatic N) is 2. The van der Waals surface area contributed by atoms with Crippen molar-refractivity contribution in [3.63, 3.8) is 0 Å². The molecule has 6 nitrogen and oxygen atoms in total. The van der Waals surface area contributed by atoms with Crippen LogP contribution in [0, 0.1) is 0 Å². The summed E-state index contributed by atoms with van der Waals surface area (Å²) in [6.07, 6.45) is 1.62. The quantitative estimate of drug-likeness (QED) is 0.647. The number of hydrogen-bond acceptors (Lipinski definition) is 7. The maximum Gasteiger partial charge on any atom is 0.205 e. The lowest BCUT2D eigenvalue weighted by molar-refractivity contribution is 0.393. The average molecular weight is 278 g/mol. The second-order valence-corrected chi connectivity index (χ2v) is 4.38. The third-order valence-electron chi connectivity index (χ3n) is 2.34. The number of benzene rings is 1. The predicted octanol–water partition coefficient (Wildman–Crippen LogP) is 2.19. The summed E-state index contributed by atoms with van der Waals surface area (Å²) in [6.45, 7) is 0. The zero-order valence-electron chi connectivity index (χ0n) is 10.6. The van der Waals surface area contributed by atoms with Gasteiger partial charge in [-0.1, -0.05) is 6.07 Å². The Labute approximate surface area is 114 Å². The molecule has 3 N–H and O–H groups in total. The molecular weight excluding hydrogens is 264 g/mol. The van der Waals surface area contributed by atoms with Gasteiger partial charge in [-0.05, 0) is 12.1 Å². The number of hydrogen-bond donors (Lipinski definition) is 2.